The van der Waals surface area contributed by atoms with Gasteiger partial charge in [0.2, 0.25) is 0 Å². The lowest BCUT2D eigenvalue weighted by Gasteiger charge is -2.36. The zero-order chi connectivity index (χ0) is 18.7. The van der Waals surface area contributed by atoms with Crippen LogP contribution in [0, 0.1) is 0 Å². The molecule has 0 bridgehead atoms. The molecule has 3 aromatic carbocycles. The molecule has 0 aliphatic carbocycles. The van der Waals surface area contributed by atoms with Crippen molar-refractivity contribution in [2.45, 2.75) is 5.41 Å². The molecule has 4 aromatic rings. The molecule has 0 saturated carbocycles. The van der Waals surface area contributed by atoms with Crippen molar-refractivity contribution in [1.82, 2.24) is 4.98 Å². The van der Waals surface area contributed by atoms with Crippen LogP contribution in [-0.4, -0.2) is 4.98 Å². The monoisotopic (exact) mass is 477 g/mol. The molecule has 0 radical (unpaired) electrons. The molecule has 1 nitrogen and oxygen atoms in total. The van der Waals surface area contributed by atoms with Crippen molar-refractivity contribution in [1.29, 1.82) is 0 Å². The topological polar surface area (TPSA) is 12.9 Å². The summed E-state index contributed by atoms with van der Waals surface area (Å²) in [4.78, 5) is 4.55. The number of hydrogen-bond acceptors (Lipinski definition) is 1. The van der Waals surface area contributed by atoms with Gasteiger partial charge >= 0.3 is 0 Å². The first-order valence-electron chi connectivity index (χ1n) is 8.70. The standard InChI is InChI=1S/C24H17Br2N/c25-22-13-7-12-20(16-22)24(18-8-3-1-4-9-18,19-10-5-2-6-11-19)21-14-15-23(26)27-17-21/h1-17H. The molecule has 1 heterocycles. The molecule has 0 aliphatic rings. The number of rotatable bonds is 4. The molecule has 4 rings (SSSR count). The third-order valence-electron chi connectivity index (χ3n) is 4.83. The number of halogens is 2. The van der Waals surface area contributed by atoms with Gasteiger partial charge in [-0.1, -0.05) is 94.8 Å². The Morgan fingerprint density at radius 1 is 0.556 bits per heavy atom. The molecule has 27 heavy (non-hydrogen) atoms. The Bertz CT molecular complexity index is 989. The van der Waals surface area contributed by atoms with E-state index in [-0.39, 0.29) is 0 Å². The van der Waals surface area contributed by atoms with Crippen LogP contribution >= 0.6 is 31.9 Å². The fourth-order valence-electron chi connectivity index (χ4n) is 3.70. The van der Waals surface area contributed by atoms with Gasteiger partial charge in [0.1, 0.15) is 4.60 Å². The summed E-state index contributed by atoms with van der Waals surface area (Å²) in [6.45, 7) is 0. The average Bonchev–Trinajstić information content (AvgIpc) is 2.72. The van der Waals surface area contributed by atoms with Gasteiger partial charge in [0.05, 0.1) is 5.41 Å². The first kappa shape index (κ1) is 18.1. The molecule has 0 spiro atoms. The van der Waals surface area contributed by atoms with Gasteiger partial charge in [-0.05, 0) is 56.4 Å². The van der Waals surface area contributed by atoms with Gasteiger partial charge in [0, 0.05) is 10.7 Å². The summed E-state index contributed by atoms with van der Waals surface area (Å²) in [7, 11) is 0. The number of hydrogen-bond donors (Lipinski definition) is 0. The van der Waals surface area contributed by atoms with Crippen molar-refractivity contribution >= 4 is 31.9 Å². The summed E-state index contributed by atoms with van der Waals surface area (Å²) in [5.41, 5.74) is 4.27. The molecule has 1 aromatic heterocycles. The molecular weight excluding hydrogens is 462 g/mol. The quantitative estimate of drug-likeness (QED) is 0.227. The first-order valence-corrected chi connectivity index (χ1v) is 10.3. The minimum Gasteiger partial charge on any atom is -0.249 e. The van der Waals surface area contributed by atoms with E-state index < -0.39 is 5.41 Å². The largest absolute Gasteiger partial charge is 0.249 e. The maximum atomic E-state index is 4.55. The molecule has 0 amide bonds. The van der Waals surface area contributed by atoms with Crippen molar-refractivity contribution in [2.24, 2.45) is 0 Å². The second-order valence-corrected chi connectivity index (χ2v) is 8.09. The minimum atomic E-state index is -0.458. The summed E-state index contributed by atoms with van der Waals surface area (Å²) in [6.07, 6.45) is 1.96. The normalized spacial score (nSPS) is 11.3. The van der Waals surface area contributed by atoms with Crippen LogP contribution in [-0.2, 0) is 5.41 Å². The van der Waals surface area contributed by atoms with E-state index in [0.29, 0.717) is 0 Å². The predicted molar refractivity (Wildman–Crippen MR) is 118 cm³/mol. The van der Waals surface area contributed by atoms with Crippen molar-refractivity contribution in [3.8, 4) is 0 Å². The van der Waals surface area contributed by atoms with Gasteiger partial charge in [0.25, 0.3) is 0 Å². The maximum absolute atomic E-state index is 4.55. The van der Waals surface area contributed by atoms with Crippen LogP contribution in [0.3, 0.4) is 0 Å². The van der Waals surface area contributed by atoms with Crippen molar-refractivity contribution in [3.05, 3.63) is 135 Å². The summed E-state index contributed by atoms with van der Waals surface area (Å²) in [6, 6.07) is 33.9. The third kappa shape index (κ3) is 3.38. The maximum Gasteiger partial charge on any atom is 0.106 e. The number of aromatic nitrogens is 1. The van der Waals surface area contributed by atoms with Crippen LogP contribution < -0.4 is 0 Å². The van der Waals surface area contributed by atoms with E-state index in [1.165, 1.54) is 16.7 Å². The number of pyridine rings is 1. The zero-order valence-corrected chi connectivity index (χ0v) is 17.7. The van der Waals surface area contributed by atoms with Gasteiger partial charge < -0.3 is 0 Å². The Hall–Kier alpha value is -2.23. The summed E-state index contributed by atoms with van der Waals surface area (Å²) < 4.78 is 1.89. The van der Waals surface area contributed by atoms with E-state index in [2.05, 4.69) is 128 Å². The van der Waals surface area contributed by atoms with Crippen LogP contribution in [0.25, 0.3) is 0 Å². The predicted octanol–water partition coefficient (Wildman–Crippen LogP) is 6.99. The minimum absolute atomic E-state index is 0.458. The summed E-state index contributed by atoms with van der Waals surface area (Å²) >= 11 is 7.13. The van der Waals surface area contributed by atoms with Crippen LogP contribution in [0.5, 0.6) is 0 Å². The van der Waals surface area contributed by atoms with E-state index >= 15 is 0 Å². The number of nitrogens with zero attached hydrogens (tertiary/aromatic N) is 1. The van der Waals surface area contributed by atoms with Crippen LogP contribution in [0.1, 0.15) is 22.3 Å². The molecule has 0 fully saturated rings. The third-order valence-corrected chi connectivity index (χ3v) is 5.79. The molecule has 0 aliphatic heterocycles. The molecule has 3 heteroatoms. The Morgan fingerprint density at radius 3 is 1.67 bits per heavy atom. The zero-order valence-electron chi connectivity index (χ0n) is 14.5. The summed E-state index contributed by atoms with van der Waals surface area (Å²) in [5.74, 6) is 0. The van der Waals surface area contributed by atoms with Gasteiger partial charge in [-0.15, -0.1) is 0 Å². The SMILES string of the molecule is Brc1cccc(C(c2ccccc2)(c2ccccc2)c2ccc(Br)nc2)c1. The first-order chi connectivity index (χ1) is 13.2. The Morgan fingerprint density at radius 2 is 1.15 bits per heavy atom. The molecule has 132 valence electrons. The Kier molecular flexibility index (Phi) is 5.24. The average molecular weight is 479 g/mol. The van der Waals surface area contributed by atoms with Gasteiger partial charge in [-0.25, -0.2) is 4.98 Å². The smallest absolute Gasteiger partial charge is 0.106 e. The Labute approximate surface area is 176 Å². The fourth-order valence-corrected chi connectivity index (χ4v) is 4.33. The lowest BCUT2D eigenvalue weighted by atomic mass is 9.65. The highest BCUT2D eigenvalue weighted by Gasteiger charge is 2.38. The molecular formula is C24H17Br2N. The van der Waals surface area contributed by atoms with Gasteiger partial charge in [-0.2, -0.15) is 0 Å². The van der Waals surface area contributed by atoms with Crippen molar-refractivity contribution < 1.29 is 0 Å². The van der Waals surface area contributed by atoms with E-state index in [0.717, 1.165) is 14.6 Å². The molecule has 0 N–H and O–H groups in total. The lowest BCUT2D eigenvalue weighted by molar-refractivity contribution is 0.738. The molecule has 0 atom stereocenters. The van der Waals surface area contributed by atoms with E-state index in [9.17, 15) is 0 Å². The van der Waals surface area contributed by atoms with E-state index in [1.54, 1.807) is 0 Å². The van der Waals surface area contributed by atoms with Crippen molar-refractivity contribution in [3.63, 3.8) is 0 Å². The molecule has 0 saturated heterocycles. The van der Waals surface area contributed by atoms with Gasteiger partial charge in [-0.3, -0.25) is 0 Å². The number of benzene rings is 3. The molecule has 0 unspecified atom stereocenters. The second-order valence-electron chi connectivity index (χ2n) is 6.36. The lowest BCUT2D eigenvalue weighted by Crippen LogP contribution is -2.31. The second kappa shape index (κ2) is 7.79. The van der Waals surface area contributed by atoms with Crippen LogP contribution in [0.2, 0.25) is 0 Å². The van der Waals surface area contributed by atoms with E-state index in [1.807, 2.05) is 12.3 Å². The van der Waals surface area contributed by atoms with Crippen LogP contribution in [0.4, 0.5) is 0 Å². The highest BCUT2D eigenvalue weighted by Crippen LogP contribution is 2.45. The van der Waals surface area contributed by atoms with Crippen molar-refractivity contribution in [2.75, 3.05) is 0 Å². The van der Waals surface area contributed by atoms with Gasteiger partial charge in [0.15, 0.2) is 0 Å². The highest BCUT2D eigenvalue weighted by atomic mass is 79.9. The highest BCUT2D eigenvalue weighted by molar-refractivity contribution is 9.10. The summed E-state index contributed by atoms with van der Waals surface area (Å²) in [5, 5.41) is 0. The Balaban J connectivity index is 2.13. The van der Waals surface area contributed by atoms with Crippen LogP contribution in [0.15, 0.2) is 112 Å². The van der Waals surface area contributed by atoms with E-state index in [4.69, 9.17) is 0 Å². The fraction of sp³-hybridized carbons (Fsp3) is 0.0417.